The molecule has 0 aliphatic heterocycles. The van der Waals surface area contributed by atoms with E-state index in [1.165, 1.54) is 6.07 Å². The molecule has 1 aromatic heterocycles. The number of rotatable bonds is 0. The van der Waals surface area contributed by atoms with E-state index in [2.05, 4.69) is 0 Å². The summed E-state index contributed by atoms with van der Waals surface area (Å²) in [4.78, 5) is 10.4. The van der Waals surface area contributed by atoms with Gasteiger partial charge in [-0.1, -0.05) is 0 Å². The van der Waals surface area contributed by atoms with Gasteiger partial charge < -0.3 is 10.3 Å². The molecule has 0 aliphatic carbocycles. The zero-order valence-corrected chi connectivity index (χ0v) is 4.48. The number of aromatic nitrogens is 1. The molecule has 0 spiro atoms. The number of nitrogens with zero attached hydrogens (tertiary/aromatic N) is 1. The molecule has 1 aromatic rings. The van der Waals surface area contributed by atoms with Gasteiger partial charge in [0.05, 0.1) is 6.20 Å². The summed E-state index contributed by atoms with van der Waals surface area (Å²) in [5, 5.41) is 17.2. The second kappa shape index (κ2) is 1.81. The lowest BCUT2D eigenvalue weighted by atomic mass is 10.5. The lowest BCUT2D eigenvalue weighted by Crippen LogP contribution is -2.14. The normalized spacial score (nSPS) is 9.33. The molecule has 0 aromatic carbocycles. The Balaban J connectivity index is 3.34. The summed E-state index contributed by atoms with van der Waals surface area (Å²) >= 11 is 0. The molecule has 0 fully saturated rings. The molecule has 0 radical (unpaired) electrons. The Kier molecular flexibility index (Phi) is 1.14. The highest BCUT2D eigenvalue weighted by Gasteiger charge is 1.90. The monoisotopic (exact) mass is 127 g/mol. The number of pyridine rings is 1. The van der Waals surface area contributed by atoms with Gasteiger partial charge in [-0.15, -0.1) is 0 Å². The fourth-order valence-corrected chi connectivity index (χ4v) is 0.465. The summed E-state index contributed by atoms with van der Waals surface area (Å²) in [5.74, 6) is -0.142. The summed E-state index contributed by atoms with van der Waals surface area (Å²) < 4.78 is 0.315. The summed E-state index contributed by atoms with van der Waals surface area (Å²) in [6.45, 7) is 0. The maximum atomic E-state index is 10.4. The van der Waals surface area contributed by atoms with Crippen LogP contribution in [0, 0.1) is 0 Å². The lowest BCUT2D eigenvalue weighted by molar-refractivity contribution is 0.172. The number of hydrogen-bond acceptors (Lipinski definition) is 3. The summed E-state index contributed by atoms with van der Waals surface area (Å²) in [6, 6.07) is 2.27. The smallest absolute Gasteiger partial charge is 0.283 e. The first-order chi connectivity index (χ1) is 4.20. The first-order valence-electron chi connectivity index (χ1n) is 2.31. The van der Waals surface area contributed by atoms with E-state index < -0.39 is 5.56 Å². The van der Waals surface area contributed by atoms with Crippen LogP contribution in [0.5, 0.6) is 5.75 Å². The van der Waals surface area contributed by atoms with Gasteiger partial charge in [0.2, 0.25) is 0 Å². The van der Waals surface area contributed by atoms with Crippen LogP contribution in [-0.2, 0) is 0 Å². The van der Waals surface area contributed by atoms with E-state index in [1.54, 1.807) is 0 Å². The Morgan fingerprint density at radius 1 is 1.44 bits per heavy atom. The van der Waals surface area contributed by atoms with Crippen LogP contribution in [-0.4, -0.2) is 15.0 Å². The zero-order chi connectivity index (χ0) is 6.85. The topological polar surface area (TPSA) is 62.5 Å². The van der Waals surface area contributed by atoms with Crippen LogP contribution in [0.2, 0.25) is 0 Å². The van der Waals surface area contributed by atoms with Crippen LogP contribution in [0.15, 0.2) is 23.1 Å². The van der Waals surface area contributed by atoms with Crippen LogP contribution in [0.3, 0.4) is 0 Å². The van der Waals surface area contributed by atoms with Crippen molar-refractivity contribution in [3.63, 3.8) is 0 Å². The third kappa shape index (κ3) is 1.02. The van der Waals surface area contributed by atoms with Gasteiger partial charge in [0.15, 0.2) is 0 Å². The Morgan fingerprint density at radius 2 is 2.11 bits per heavy atom. The molecular weight excluding hydrogens is 122 g/mol. The number of aromatic hydroxyl groups is 1. The van der Waals surface area contributed by atoms with Crippen molar-refractivity contribution in [3.8, 4) is 5.75 Å². The third-order valence-electron chi connectivity index (χ3n) is 0.877. The minimum Gasteiger partial charge on any atom is -0.506 e. The molecule has 0 saturated heterocycles. The molecule has 48 valence electrons. The predicted molar refractivity (Wildman–Crippen MR) is 29.6 cm³/mol. The van der Waals surface area contributed by atoms with Gasteiger partial charge >= 0.3 is 0 Å². The molecule has 0 aliphatic rings. The van der Waals surface area contributed by atoms with Gasteiger partial charge in [-0.25, -0.2) is 0 Å². The van der Waals surface area contributed by atoms with E-state index in [1.807, 2.05) is 0 Å². The van der Waals surface area contributed by atoms with Crippen molar-refractivity contribution >= 4 is 0 Å². The standard InChI is InChI=1S/C5H5NO3/c7-4-1-2-5(8)6(9)3-4/h1-3,7,9H. The average Bonchev–Trinajstić information content (AvgIpc) is 1.80. The minimum atomic E-state index is -0.562. The molecular formula is C5H5NO3. The van der Waals surface area contributed by atoms with E-state index in [9.17, 15) is 4.79 Å². The molecule has 2 N–H and O–H groups in total. The van der Waals surface area contributed by atoms with Crippen molar-refractivity contribution in [1.82, 2.24) is 4.73 Å². The number of hydrogen-bond donors (Lipinski definition) is 2. The van der Waals surface area contributed by atoms with E-state index >= 15 is 0 Å². The lowest BCUT2D eigenvalue weighted by Gasteiger charge is -1.92. The van der Waals surface area contributed by atoms with Gasteiger partial charge in [-0.3, -0.25) is 4.79 Å². The predicted octanol–water partition coefficient (Wildman–Crippen LogP) is -0.209. The first-order valence-corrected chi connectivity index (χ1v) is 2.31. The Hall–Kier alpha value is -1.45. The second-order valence-corrected chi connectivity index (χ2v) is 1.57. The van der Waals surface area contributed by atoms with Gasteiger partial charge in [0.1, 0.15) is 5.75 Å². The van der Waals surface area contributed by atoms with Crippen molar-refractivity contribution < 1.29 is 10.3 Å². The molecule has 1 rings (SSSR count). The van der Waals surface area contributed by atoms with Crippen LogP contribution in [0.25, 0.3) is 0 Å². The quantitative estimate of drug-likeness (QED) is 0.474. The van der Waals surface area contributed by atoms with Crippen LogP contribution in [0.1, 0.15) is 0 Å². The summed E-state index contributed by atoms with van der Waals surface area (Å²) in [5.41, 5.74) is -0.562. The first kappa shape index (κ1) is 5.68. The largest absolute Gasteiger partial charge is 0.506 e. The molecule has 0 bridgehead atoms. The molecule has 4 nitrogen and oxygen atoms in total. The van der Waals surface area contributed by atoms with Gasteiger partial charge in [-0.05, 0) is 6.07 Å². The van der Waals surface area contributed by atoms with Crippen molar-refractivity contribution in [2.75, 3.05) is 0 Å². The molecule has 4 heteroatoms. The maximum Gasteiger partial charge on any atom is 0.283 e. The van der Waals surface area contributed by atoms with Crippen molar-refractivity contribution in [2.45, 2.75) is 0 Å². The van der Waals surface area contributed by atoms with E-state index in [-0.39, 0.29) is 5.75 Å². The highest BCUT2D eigenvalue weighted by Crippen LogP contribution is 1.99. The van der Waals surface area contributed by atoms with Gasteiger partial charge in [-0.2, -0.15) is 4.73 Å². The summed E-state index contributed by atoms with van der Waals surface area (Å²) in [6.07, 6.45) is 0.919. The van der Waals surface area contributed by atoms with Crippen molar-refractivity contribution in [1.29, 1.82) is 0 Å². The van der Waals surface area contributed by atoms with Crippen LogP contribution >= 0.6 is 0 Å². The SMILES string of the molecule is O=c1ccc(O)cn1O. The summed E-state index contributed by atoms with van der Waals surface area (Å²) in [7, 11) is 0. The highest BCUT2D eigenvalue weighted by atomic mass is 16.5. The van der Waals surface area contributed by atoms with Crippen molar-refractivity contribution in [3.05, 3.63) is 28.7 Å². The van der Waals surface area contributed by atoms with Gasteiger partial charge in [0, 0.05) is 6.07 Å². The molecule has 0 saturated carbocycles. The average molecular weight is 127 g/mol. The Labute approximate surface area is 50.6 Å². The molecule has 0 atom stereocenters. The molecule has 9 heavy (non-hydrogen) atoms. The molecule has 0 amide bonds. The maximum absolute atomic E-state index is 10.4. The highest BCUT2D eigenvalue weighted by molar-refractivity contribution is 5.13. The molecule has 1 heterocycles. The van der Waals surface area contributed by atoms with Gasteiger partial charge in [0.25, 0.3) is 5.56 Å². The van der Waals surface area contributed by atoms with Crippen molar-refractivity contribution in [2.24, 2.45) is 0 Å². The third-order valence-corrected chi connectivity index (χ3v) is 0.877. The van der Waals surface area contributed by atoms with E-state index in [0.717, 1.165) is 12.3 Å². The zero-order valence-electron chi connectivity index (χ0n) is 4.48. The Morgan fingerprint density at radius 3 is 2.56 bits per heavy atom. The Bertz CT molecular complexity index is 265. The van der Waals surface area contributed by atoms with E-state index in [4.69, 9.17) is 10.3 Å². The molecule has 0 unspecified atom stereocenters. The van der Waals surface area contributed by atoms with Crippen LogP contribution in [0.4, 0.5) is 0 Å². The minimum absolute atomic E-state index is 0.142. The fraction of sp³-hybridized carbons (Fsp3) is 0. The van der Waals surface area contributed by atoms with E-state index in [0.29, 0.717) is 4.73 Å². The second-order valence-electron chi connectivity index (χ2n) is 1.57. The van der Waals surface area contributed by atoms with Crippen LogP contribution < -0.4 is 5.56 Å². The fourth-order valence-electron chi connectivity index (χ4n) is 0.465.